The number of fused-ring (bicyclic) bond motifs is 5. The fourth-order valence-corrected chi connectivity index (χ4v) is 7.57. The third-order valence-electron chi connectivity index (χ3n) is 8.97. The highest BCUT2D eigenvalue weighted by atomic mass is 16.3. The smallest absolute Gasteiger partial charge is 0.136 e. The van der Waals surface area contributed by atoms with E-state index in [0.717, 1.165) is 25.7 Å². The fraction of sp³-hybridized carbons (Fsp3) is 0.950. The van der Waals surface area contributed by atoms with Crippen LogP contribution in [0.25, 0.3) is 0 Å². The number of carbonyl (C=O) groups excluding carboxylic acids is 1. The van der Waals surface area contributed by atoms with Crippen LogP contribution in [0.15, 0.2) is 0 Å². The van der Waals surface area contributed by atoms with Gasteiger partial charge in [-0.25, -0.2) is 0 Å². The molecule has 0 unspecified atom stereocenters. The highest BCUT2D eigenvalue weighted by Gasteiger charge is 2.67. The van der Waals surface area contributed by atoms with E-state index >= 15 is 0 Å². The van der Waals surface area contributed by atoms with Crippen LogP contribution in [-0.2, 0) is 4.79 Å². The van der Waals surface area contributed by atoms with Crippen molar-refractivity contribution < 1.29 is 20.1 Å². The van der Waals surface area contributed by atoms with Crippen molar-refractivity contribution in [2.75, 3.05) is 0 Å². The lowest BCUT2D eigenvalue weighted by Crippen LogP contribution is -2.67. The predicted octanol–water partition coefficient (Wildman–Crippen LogP) is 2.29. The Hall–Kier alpha value is -0.450. The normalized spacial score (nSPS) is 60.3. The highest BCUT2D eigenvalue weighted by Crippen LogP contribution is 2.67. The Kier molecular flexibility index (Phi) is 3.57. The van der Waals surface area contributed by atoms with Gasteiger partial charge in [-0.1, -0.05) is 13.8 Å². The molecule has 0 spiro atoms. The average molecular weight is 336 g/mol. The molecular formula is C20H32O4. The van der Waals surface area contributed by atoms with Crippen molar-refractivity contribution in [3.05, 3.63) is 0 Å². The van der Waals surface area contributed by atoms with Gasteiger partial charge in [0.25, 0.3) is 0 Å². The van der Waals surface area contributed by atoms with Gasteiger partial charge in [0.2, 0.25) is 0 Å². The van der Waals surface area contributed by atoms with Gasteiger partial charge >= 0.3 is 0 Å². The Balaban J connectivity index is 1.76. The van der Waals surface area contributed by atoms with Gasteiger partial charge in [0.15, 0.2) is 0 Å². The van der Waals surface area contributed by atoms with Crippen LogP contribution in [0.4, 0.5) is 0 Å². The van der Waals surface area contributed by atoms with Crippen molar-refractivity contribution >= 4 is 5.78 Å². The first-order valence-electron chi connectivity index (χ1n) is 9.71. The maximum Gasteiger partial charge on any atom is 0.136 e. The number of Topliss-reactive ketones (excluding diaryl/α,β-unsaturated/α-hetero) is 1. The quantitative estimate of drug-likeness (QED) is 0.634. The zero-order valence-corrected chi connectivity index (χ0v) is 15.2. The number of ketones is 1. The Bertz CT molecular complexity index is 558. The van der Waals surface area contributed by atoms with Crippen molar-refractivity contribution in [2.24, 2.45) is 34.5 Å². The lowest BCUT2D eigenvalue weighted by molar-refractivity contribution is -0.236. The van der Waals surface area contributed by atoms with E-state index in [0.29, 0.717) is 24.7 Å². The predicted molar refractivity (Wildman–Crippen MR) is 90.1 cm³/mol. The van der Waals surface area contributed by atoms with Crippen molar-refractivity contribution in [2.45, 2.75) is 83.5 Å². The Morgan fingerprint density at radius 1 is 1.04 bits per heavy atom. The van der Waals surface area contributed by atoms with Gasteiger partial charge in [0, 0.05) is 18.3 Å². The van der Waals surface area contributed by atoms with Crippen LogP contribution >= 0.6 is 0 Å². The summed E-state index contributed by atoms with van der Waals surface area (Å²) in [6.07, 6.45) is 4.36. The molecule has 0 aliphatic heterocycles. The molecule has 4 aliphatic rings. The SMILES string of the molecule is C[C@]12C[C@@H](O)[C@H]3[C@@H](CC[C@H]4CC(=O)C[C@@](C)(O)[C@@]43C)[C@@H]1CC[C@@H]2O. The molecule has 4 saturated carbocycles. The topological polar surface area (TPSA) is 77.8 Å². The third kappa shape index (κ3) is 1.94. The van der Waals surface area contributed by atoms with Gasteiger partial charge in [-0.15, -0.1) is 0 Å². The first kappa shape index (κ1) is 17.0. The van der Waals surface area contributed by atoms with E-state index in [1.54, 1.807) is 0 Å². The van der Waals surface area contributed by atoms with Crippen LogP contribution in [0.2, 0.25) is 0 Å². The summed E-state index contributed by atoms with van der Waals surface area (Å²) in [5, 5.41) is 32.9. The summed E-state index contributed by atoms with van der Waals surface area (Å²) in [7, 11) is 0. The second-order valence-corrected chi connectivity index (χ2v) is 9.92. The van der Waals surface area contributed by atoms with Crippen molar-refractivity contribution in [3.8, 4) is 0 Å². The molecule has 0 aromatic rings. The Morgan fingerprint density at radius 2 is 1.75 bits per heavy atom. The summed E-state index contributed by atoms with van der Waals surface area (Å²) in [4.78, 5) is 12.1. The first-order valence-corrected chi connectivity index (χ1v) is 9.71. The van der Waals surface area contributed by atoms with Crippen molar-refractivity contribution in [1.82, 2.24) is 0 Å². The van der Waals surface area contributed by atoms with Crippen LogP contribution < -0.4 is 0 Å². The van der Waals surface area contributed by atoms with Gasteiger partial charge in [0.05, 0.1) is 17.8 Å². The highest BCUT2D eigenvalue weighted by molar-refractivity contribution is 5.81. The van der Waals surface area contributed by atoms with Crippen LogP contribution in [0, 0.1) is 34.5 Å². The zero-order chi connectivity index (χ0) is 17.5. The molecular weight excluding hydrogens is 304 g/mol. The number of aliphatic hydroxyl groups excluding tert-OH is 2. The number of hydrogen-bond donors (Lipinski definition) is 3. The molecule has 4 rings (SSSR count). The van der Waals surface area contributed by atoms with Gasteiger partial charge < -0.3 is 15.3 Å². The maximum absolute atomic E-state index is 12.1. The molecule has 0 bridgehead atoms. The summed E-state index contributed by atoms with van der Waals surface area (Å²) in [5.74, 6) is 1.12. The standard InChI is InChI=1S/C20H32O4/c1-18-10-15(22)17-13(14(18)6-7-16(18)23)5-4-11-8-12(21)9-19(2,24)20(11,17)3/h11,13-17,22-24H,4-10H2,1-3H3/t11-,13-,14-,15+,16-,17+,18-,19+,20-/m0/s1. The van der Waals surface area contributed by atoms with E-state index in [1.807, 2.05) is 6.92 Å². The van der Waals surface area contributed by atoms with E-state index in [9.17, 15) is 20.1 Å². The lowest BCUT2D eigenvalue weighted by atomic mass is 9.41. The van der Waals surface area contributed by atoms with Crippen LogP contribution in [0.5, 0.6) is 0 Å². The third-order valence-corrected chi connectivity index (χ3v) is 8.97. The Labute approximate surface area is 144 Å². The number of rotatable bonds is 0. The molecule has 4 heteroatoms. The Morgan fingerprint density at radius 3 is 2.46 bits per heavy atom. The lowest BCUT2D eigenvalue weighted by Gasteiger charge is -2.65. The summed E-state index contributed by atoms with van der Waals surface area (Å²) >= 11 is 0. The van der Waals surface area contributed by atoms with Crippen molar-refractivity contribution in [1.29, 1.82) is 0 Å². The van der Waals surface area contributed by atoms with Gasteiger partial charge in [-0.2, -0.15) is 0 Å². The molecule has 136 valence electrons. The van der Waals surface area contributed by atoms with Gasteiger partial charge in [-0.3, -0.25) is 4.79 Å². The van der Waals surface area contributed by atoms with Crippen LogP contribution in [-0.4, -0.2) is 38.9 Å². The van der Waals surface area contributed by atoms with E-state index < -0.39 is 17.1 Å². The maximum atomic E-state index is 12.1. The number of aliphatic hydroxyl groups is 3. The summed E-state index contributed by atoms with van der Waals surface area (Å²) < 4.78 is 0. The van der Waals surface area contributed by atoms with Gasteiger partial charge in [-0.05, 0) is 68.1 Å². The van der Waals surface area contributed by atoms with Gasteiger partial charge in [0.1, 0.15) is 5.78 Å². The minimum Gasteiger partial charge on any atom is -0.393 e. The molecule has 4 aliphatic carbocycles. The average Bonchev–Trinajstić information content (AvgIpc) is 2.75. The number of carbonyl (C=O) groups is 1. The largest absolute Gasteiger partial charge is 0.393 e. The first-order chi connectivity index (χ1) is 11.1. The van der Waals surface area contributed by atoms with E-state index in [1.165, 1.54) is 0 Å². The molecule has 3 N–H and O–H groups in total. The van der Waals surface area contributed by atoms with E-state index in [2.05, 4.69) is 13.8 Å². The minimum atomic E-state index is -1.05. The summed E-state index contributed by atoms with van der Waals surface area (Å²) in [6, 6.07) is 0. The fourth-order valence-electron chi connectivity index (χ4n) is 7.57. The molecule has 0 aromatic heterocycles. The molecule has 0 heterocycles. The van der Waals surface area contributed by atoms with E-state index in [4.69, 9.17) is 0 Å². The monoisotopic (exact) mass is 336 g/mol. The second kappa shape index (κ2) is 5.05. The molecule has 4 nitrogen and oxygen atoms in total. The molecule has 0 amide bonds. The summed E-state index contributed by atoms with van der Waals surface area (Å²) in [5.41, 5.74) is -1.67. The summed E-state index contributed by atoms with van der Waals surface area (Å²) in [6.45, 7) is 6.08. The molecule has 0 aromatic carbocycles. The second-order valence-electron chi connectivity index (χ2n) is 9.92. The zero-order valence-electron chi connectivity index (χ0n) is 15.2. The van der Waals surface area contributed by atoms with Crippen LogP contribution in [0.3, 0.4) is 0 Å². The van der Waals surface area contributed by atoms with Crippen LogP contribution in [0.1, 0.15) is 65.7 Å². The molecule has 24 heavy (non-hydrogen) atoms. The molecule has 9 atom stereocenters. The number of hydrogen-bond acceptors (Lipinski definition) is 4. The van der Waals surface area contributed by atoms with E-state index in [-0.39, 0.29) is 35.6 Å². The molecule has 0 saturated heterocycles. The molecule has 0 radical (unpaired) electrons. The van der Waals surface area contributed by atoms with Crippen molar-refractivity contribution in [3.63, 3.8) is 0 Å². The minimum absolute atomic E-state index is 0.0303. The molecule has 4 fully saturated rings.